The molecular weight excluding hydrogens is 470 g/mol. The van der Waals surface area contributed by atoms with Crippen LogP contribution in [0.5, 0.6) is 0 Å². The van der Waals surface area contributed by atoms with Crippen LogP contribution in [0.4, 0.5) is 0 Å². The summed E-state index contributed by atoms with van der Waals surface area (Å²) in [5.41, 5.74) is 0.485. The summed E-state index contributed by atoms with van der Waals surface area (Å²) in [5.74, 6) is 0. The number of alkyl halides is 1. The van der Waals surface area contributed by atoms with Crippen LogP contribution in [0.25, 0.3) is 0 Å². The van der Waals surface area contributed by atoms with Crippen molar-refractivity contribution in [2.75, 3.05) is 51.6 Å². The molecule has 1 saturated heterocycles. The molecule has 1 fully saturated rings. The highest BCUT2D eigenvalue weighted by atomic mass is 79.9. The number of aromatic nitrogens is 3. The van der Waals surface area contributed by atoms with E-state index in [0.717, 1.165) is 5.33 Å². The Hall–Kier alpha value is -0.740. The molecule has 1 aromatic heterocycles. The van der Waals surface area contributed by atoms with Crippen molar-refractivity contribution in [2.45, 2.75) is 43.9 Å². The topological polar surface area (TPSA) is 158 Å². The van der Waals surface area contributed by atoms with E-state index in [1.807, 2.05) is 0 Å². The maximum atomic E-state index is 9.94. The molecule has 0 bridgehead atoms. The average molecular weight is 500 g/mol. The first kappa shape index (κ1) is 25.5. The van der Waals surface area contributed by atoms with E-state index in [1.165, 1.54) is 0 Å². The van der Waals surface area contributed by atoms with Gasteiger partial charge in [0.25, 0.3) is 0 Å². The predicted octanol–water partition coefficient (Wildman–Crippen LogP) is -1.96. The molecule has 12 nitrogen and oxygen atoms in total. The van der Waals surface area contributed by atoms with Gasteiger partial charge in [0.15, 0.2) is 6.29 Å². The highest BCUT2D eigenvalue weighted by molar-refractivity contribution is 9.09. The smallest absolute Gasteiger partial charge is 0.187 e. The summed E-state index contributed by atoms with van der Waals surface area (Å²) in [4.78, 5) is 0. The first-order valence-electron chi connectivity index (χ1n) is 9.67. The molecule has 5 atom stereocenters. The SMILES string of the molecule is OC[C@H]1O[C@@H](OCc2cn(CCOCCOCCOCCBr)nn2)[C@H](O)[C@@H](O)[C@@H]1O. The largest absolute Gasteiger partial charge is 0.394 e. The lowest BCUT2D eigenvalue weighted by Crippen LogP contribution is -2.59. The van der Waals surface area contributed by atoms with Gasteiger partial charge in [-0.05, 0) is 0 Å². The molecule has 0 aromatic carbocycles. The Balaban J connectivity index is 1.59. The van der Waals surface area contributed by atoms with Gasteiger partial charge in [-0.1, -0.05) is 21.1 Å². The zero-order chi connectivity index (χ0) is 21.8. The second-order valence-corrected chi connectivity index (χ2v) is 7.30. The van der Waals surface area contributed by atoms with Crippen LogP contribution in [0.15, 0.2) is 6.20 Å². The Morgan fingerprint density at radius 3 is 2.30 bits per heavy atom. The zero-order valence-corrected chi connectivity index (χ0v) is 18.2. The Labute approximate surface area is 182 Å². The van der Waals surface area contributed by atoms with Crippen molar-refractivity contribution in [3.05, 3.63) is 11.9 Å². The van der Waals surface area contributed by atoms with Crippen molar-refractivity contribution in [3.8, 4) is 0 Å². The minimum atomic E-state index is -1.49. The number of aliphatic hydroxyl groups is 4. The van der Waals surface area contributed by atoms with E-state index in [1.54, 1.807) is 10.9 Å². The third kappa shape index (κ3) is 8.42. The summed E-state index contributed by atoms with van der Waals surface area (Å²) < 4.78 is 28.4. The van der Waals surface area contributed by atoms with Gasteiger partial charge in [-0.25, -0.2) is 4.68 Å². The first-order valence-corrected chi connectivity index (χ1v) is 10.8. The number of hydrogen-bond donors (Lipinski definition) is 4. The van der Waals surface area contributed by atoms with Crippen molar-refractivity contribution in [1.82, 2.24) is 15.0 Å². The molecule has 0 spiro atoms. The van der Waals surface area contributed by atoms with Crippen LogP contribution in [-0.4, -0.2) is 118 Å². The van der Waals surface area contributed by atoms with E-state index in [-0.39, 0.29) is 6.61 Å². The number of hydrogen-bond acceptors (Lipinski definition) is 11. The van der Waals surface area contributed by atoms with Gasteiger partial charge in [0.1, 0.15) is 30.1 Å². The van der Waals surface area contributed by atoms with E-state index in [2.05, 4.69) is 26.2 Å². The van der Waals surface area contributed by atoms with Gasteiger partial charge >= 0.3 is 0 Å². The van der Waals surface area contributed by atoms with Gasteiger partial charge in [0, 0.05) is 5.33 Å². The third-order valence-electron chi connectivity index (χ3n) is 4.26. The number of rotatable bonds is 15. The molecule has 2 heterocycles. The lowest BCUT2D eigenvalue weighted by atomic mass is 9.99. The Morgan fingerprint density at radius 2 is 1.63 bits per heavy atom. The van der Waals surface area contributed by atoms with Crippen LogP contribution in [0.3, 0.4) is 0 Å². The summed E-state index contributed by atoms with van der Waals surface area (Å²) in [7, 11) is 0. The second-order valence-electron chi connectivity index (χ2n) is 6.51. The van der Waals surface area contributed by atoms with Gasteiger partial charge in [0.05, 0.1) is 65.6 Å². The standard InChI is InChI=1S/C17H30BrN3O9/c18-1-3-26-5-7-28-8-6-27-4-2-21-9-12(19-20-21)11-29-17-16(25)15(24)14(23)13(10-22)30-17/h9,13-17,22-25H,1-8,10-11H2/t13-,14-,15+,16-,17-/m1/s1. The van der Waals surface area contributed by atoms with Gasteiger partial charge in [-0.2, -0.15) is 0 Å². The highest BCUT2D eigenvalue weighted by Crippen LogP contribution is 2.22. The third-order valence-corrected chi connectivity index (χ3v) is 4.58. The molecule has 0 radical (unpaired) electrons. The fourth-order valence-electron chi connectivity index (χ4n) is 2.64. The quantitative estimate of drug-likeness (QED) is 0.157. The second kappa shape index (κ2) is 14.3. The van der Waals surface area contributed by atoms with Gasteiger partial charge in [0.2, 0.25) is 0 Å². The van der Waals surface area contributed by atoms with E-state index in [0.29, 0.717) is 51.9 Å². The molecule has 1 aromatic rings. The number of nitrogens with zero attached hydrogens (tertiary/aromatic N) is 3. The number of halogens is 1. The zero-order valence-electron chi connectivity index (χ0n) is 16.6. The number of aliphatic hydroxyl groups excluding tert-OH is 4. The summed E-state index contributed by atoms with van der Waals surface area (Å²) in [5, 5.41) is 47.4. The van der Waals surface area contributed by atoms with Crippen LogP contribution < -0.4 is 0 Å². The van der Waals surface area contributed by atoms with E-state index in [4.69, 9.17) is 23.7 Å². The lowest BCUT2D eigenvalue weighted by Gasteiger charge is -2.39. The Kier molecular flexibility index (Phi) is 12.2. The van der Waals surface area contributed by atoms with E-state index < -0.39 is 37.3 Å². The van der Waals surface area contributed by atoms with Gasteiger partial charge < -0.3 is 44.1 Å². The molecule has 174 valence electrons. The normalized spacial score (nSPS) is 26.9. The summed E-state index contributed by atoms with van der Waals surface area (Å²) in [6, 6.07) is 0. The summed E-state index contributed by atoms with van der Waals surface area (Å²) in [6.45, 7) is 3.04. The minimum Gasteiger partial charge on any atom is -0.394 e. The van der Waals surface area contributed by atoms with Gasteiger partial charge in [-0.3, -0.25) is 0 Å². The maximum absolute atomic E-state index is 9.94. The molecule has 0 amide bonds. The van der Waals surface area contributed by atoms with Crippen molar-refractivity contribution in [3.63, 3.8) is 0 Å². The first-order chi connectivity index (χ1) is 14.6. The van der Waals surface area contributed by atoms with Crippen LogP contribution in [0.2, 0.25) is 0 Å². The summed E-state index contributed by atoms with van der Waals surface area (Å²) >= 11 is 3.27. The van der Waals surface area contributed by atoms with Crippen LogP contribution >= 0.6 is 15.9 Å². The molecule has 4 N–H and O–H groups in total. The van der Waals surface area contributed by atoms with Crippen LogP contribution in [-0.2, 0) is 36.8 Å². The molecule has 0 saturated carbocycles. The lowest BCUT2D eigenvalue weighted by molar-refractivity contribution is -0.304. The van der Waals surface area contributed by atoms with Crippen LogP contribution in [0.1, 0.15) is 5.69 Å². The Morgan fingerprint density at radius 1 is 0.967 bits per heavy atom. The summed E-state index contributed by atoms with van der Waals surface area (Å²) in [6.07, 6.45) is -4.94. The average Bonchev–Trinajstić information content (AvgIpc) is 3.20. The molecule has 2 rings (SSSR count). The van der Waals surface area contributed by atoms with Crippen molar-refractivity contribution in [1.29, 1.82) is 0 Å². The van der Waals surface area contributed by atoms with E-state index in [9.17, 15) is 20.4 Å². The molecular formula is C17H30BrN3O9. The van der Waals surface area contributed by atoms with Crippen molar-refractivity contribution in [2.24, 2.45) is 0 Å². The maximum Gasteiger partial charge on any atom is 0.187 e. The molecule has 30 heavy (non-hydrogen) atoms. The van der Waals surface area contributed by atoms with E-state index >= 15 is 0 Å². The van der Waals surface area contributed by atoms with Crippen molar-refractivity contribution >= 4 is 15.9 Å². The highest BCUT2D eigenvalue weighted by Gasteiger charge is 2.44. The molecule has 0 unspecified atom stereocenters. The van der Waals surface area contributed by atoms with Crippen molar-refractivity contribution < 1.29 is 44.1 Å². The monoisotopic (exact) mass is 499 g/mol. The minimum absolute atomic E-state index is 0.0332. The number of ether oxygens (including phenoxy) is 5. The molecule has 0 aliphatic carbocycles. The van der Waals surface area contributed by atoms with Gasteiger partial charge in [-0.15, -0.1) is 5.10 Å². The fraction of sp³-hybridized carbons (Fsp3) is 0.882. The molecule has 1 aliphatic rings. The molecule has 1 aliphatic heterocycles. The Bertz CT molecular complexity index is 580. The molecule has 13 heteroatoms. The fourth-order valence-corrected chi connectivity index (χ4v) is 2.87. The van der Waals surface area contributed by atoms with Crippen LogP contribution in [0, 0.1) is 0 Å². The predicted molar refractivity (Wildman–Crippen MR) is 105 cm³/mol.